The van der Waals surface area contributed by atoms with Crippen LogP contribution in [0.1, 0.15) is 52.4 Å². The van der Waals surface area contributed by atoms with Crippen LogP contribution < -0.4 is 0 Å². The van der Waals surface area contributed by atoms with Gasteiger partial charge in [0.05, 0.1) is 24.4 Å². The van der Waals surface area contributed by atoms with Gasteiger partial charge in [0.1, 0.15) is 0 Å². The highest BCUT2D eigenvalue weighted by molar-refractivity contribution is 5.98. The summed E-state index contributed by atoms with van der Waals surface area (Å²) in [5.41, 5.74) is 0. The summed E-state index contributed by atoms with van der Waals surface area (Å²) < 4.78 is 5.24. The Kier molecular flexibility index (Phi) is 10.6. The first kappa shape index (κ1) is 18.9. The number of aliphatic hydroxyl groups is 4. The second-order valence-corrected chi connectivity index (χ2v) is 5.36. The Bertz CT molecular complexity index is 215. The summed E-state index contributed by atoms with van der Waals surface area (Å²) in [6.45, 7) is 3.53. The number of aliphatic hydroxyl groups excluding tert-OH is 4. The third-order valence-corrected chi connectivity index (χ3v) is 3.32. The Hall–Kier alpha value is -0.135. The fourth-order valence-corrected chi connectivity index (χ4v) is 2.08. The first-order chi connectivity index (χ1) is 8.88. The van der Waals surface area contributed by atoms with Gasteiger partial charge < -0.3 is 25.1 Å². The lowest BCUT2D eigenvalue weighted by Crippen LogP contribution is -2.26. The van der Waals surface area contributed by atoms with Crippen molar-refractivity contribution in [2.75, 3.05) is 0 Å². The summed E-state index contributed by atoms with van der Waals surface area (Å²) in [5, 5.41) is 38.2. The lowest BCUT2D eigenvalue weighted by molar-refractivity contribution is 0.0380. The maximum absolute atomic E-state index is 9.88. The highest BCUT2D eigenvalue weighted by atomic mass is 16.4. The molecule has 0 radical (unpaired) electrons. The van der Waals surface area contributed by atoms with Crippen LogP contribution in [0.15, 0.2) is 0 Å². The van der Waals surface area contributed by atoms with Crippen molar-refractivity contribution in [3.8, 4) is 0 Å². The molecular weight excluding hydrogens is 247 g/mol. The van der Waals surface area contributed by atoms with Crippen LogP contribution in [0.25, 0.3) is 0 Å². The quantitative estimate of drug-likeness (QED) is 0.390. The van der Waals surface area contributed by atoms with Gasteiger partial charge in [-0.3, -0.25) is 0 Å². The van der Waals surface area contributed by atoms with Gasteiger partial charge in [0.25, 0.3) is 8.05 Å². The highest BCUT2D eigenvalue weighted by Gasteiger charge is 2.18. The van der Waals surface area contributed by atoms with E-state index < -0.39 is 24.4 Å². The zero-order valence-corrected chi connectivity index (χ0v) is 12.3. The standard InChI is InChI=1S/C13H29BO5/c1-3-10(16)7-13(19-14)8-12(18)5-4-11(17)6-9(2)15/h9-13,15-18H,3-8,14H2,1-2H3. The van der Waals surface area contributed by atoms with Crippen molar-refractivity contribution < 1.29 is 25.1 Å². The fourth-order valence-electron chi connectivity index (χ4n) is 2.08. The van der Waals surface area contributed by atoms with Gasteiger partial charge in [0.2, 0.25) is 0 Å². The maximum Gasteiger partial charge on any atom is 0.257 e. The Balaban J connectivity index is 3.90. The van der Waals surface area contributed by atoms with Crippen molar-refractivity contribution >= 4 is 8.05 Å². The molecule has 0 saturated heterocycles. The van der Waals surface area contributed by atoms with Gasteiger partial charge in [-0.15, -0.1) is 0 Å². The normalized spacial score (nSPS) is 19.7. The zero-order chi connectivity index (χ0) is 14.8. The number of hydrogen-bond acceptors (Lipinski definition) is 5. The third kappa shape index (κ3) is 10.3. The van der Waals surface area contributed by atoms with E-state index in [0.29, 0.717) is 38.5 Å². The molecule has 6 heteroatoms. The van der Waals surface area contributed by atoms with Gasteiger partial charge in [-0.2, -0.15) is 0 Å². The molecule has 0 rings (SSSR count). The first-order valence-corrected chi connectivity index (χ1v) is 7.14. The minimum atomic E-state index is -0.586. The topological polar surface area (TPSA) is 90.2 Å². The van der Waals surface area contributed by atoms with Gasteiger partial charge in [-0.05, 0) is 45.4 Å². The maximum atomic E-state index is 9.88. The molecule has 19 heavy (non-hydrogen) atoms. The van der Waals surface area contributed by atoms with Crippen molar-refractivity contribution in [3.63, 3.8) is 0 Å². The summed E-state index contributed by atoms with van der Waals surface area (Å²) in [6.07, 6.45) is 0.646. The second kappa shape index (κ2) is 10.6. The van der Waals surface area contributed by atoms with Gasteiger partial charge in [-0.25, -0.2) is 0 Å². The SMILES string of the molecule is BOC(CC(O)CC)CC(O)CCC(O)CC(C)O. The van der Waals surface area contributed by atoms with Crippen molar-refractivity contribution in [1.82, 2.24) is 0 Å². The van der Waals surface area contributed by atoms with Crippen LogP contribution in [-0.4, -0.2) is 59.0 Å². The van der Waals surface area contributed by atoms with E-state index in [1.807, 2.05) is 6.92 Å². The molecule has 0 aliphatic heterocycles. The Morgan fingerprint density at radius 3 is 1.79 bits per heavy atom. The Morgan fingerprint density at radius 2 is 1.37 bits per heavy atom. The molecule has 0 heterocycles. The Morgan fingerprint density at radius 1 is 0.895 bits per heavy atom. The highest BCUT2D eigenvalue weighted by Crippen LogP contribution is 2.15. The van der Waals surface area contributed by atoms with Crippen LogP contribution in [0.2, 0.25) is 0 Å². The third-order valence-electron chi connectivity index (χ3n) is 3.32. The molecule has 5 atom stereocenters. The van der Waals surface area contributed by atoms with Crippen LogP contribution in [0.5, 0.6) is 0 Å². The molecule has 0 fully saturated rings. The summed E-state index contributed by atoms with van der Waals surface area (Å²) in [7, 11) is 1.57. The van der Waals surface area contributed by atoms with Crippen LogP contribution in [-0.2, 0) is 4.65 Å². The summed E-state index contributed by atoms with van der Waals surface area (Å²) in [5.74, 6) is 0. The Labute approximate surface area is 117 Å². The summed E-state index contributed by atoms with van der Waals surface area (Å²) in [6, 6.07) is 0. The summed E-state index contributed by atoms with van der Waals surface area (Å²) >= 11 is 0. The molecule has 0 amide bonds. The fraction of sp³-hybridized carbons (Fsp3) is 1.00. The van der Waals surface area contributed by atoms with Gasteiger partial charge in [0.15, 0.2) is 0 Å². The zero-order valence-electron chi connectivity index (χ0n) is 12.3. The molecule has 4 N–H and O–H groups in total. The van der Waals surface area contributed by atoms with E-state index in [1.54, 1.807) is 15.0 Å². The van der Waals surface area contributed by atoms with E-state index in [4.69, 9.17) is 9.76 Å². The predicted molar refractivity (Wildman–Crippen MR) is 76.5 cm³/mol. The molecule has 0 aromatic heterocycles. The molecular formula is C13H29BO5. The first-order valence-electron chi connectivity index (χ1n) is 7.14. The molecule has 0 saturated carbocycles. The molecule has 0 aliphatic carbocycles. The molecule has 114 valence electrons. The van der Waals surface area contributed by atoms with Crippen LogP contribution in [0.4, 0.5) is 0 Å². The largest absolute Gasteiger partial charge is 0.441 e. The van der Waals surface area contributed by atoms with Crippen molar-refractivity contribution in [2.45, 2.75) is 82.9 Å². The molecule has 0 aromatic rings. The molecule has 5 unspecified atom stereocenters. The van der Waals surface area contributed by atoms with E-state index in [9.17, 15) is 15.3 Å². The van der Waals surface area contributed by atoms with Gasteiger partial charge in [-0.1, -0.05) is 6.92 Å². The number of rotatable bonds is 11. The van der Waals surface area contributed by atoms with E-state index in [0.717, 1.165) is 0 Å². The lowest BCUT2D eigenvalue weighted by atomic mass is 9.98. The summed E-state index contributed by atoms with van der Waals surface area (Å²) in [4.78, 5) is 0. The van der Waals surface area contributed by atoms with E-state index in [-0.39, 0.29) is 6.10 Å². The van der Waals surface area contributed by atoms with Crippen LogP contribution >= 0.6 is 0 Å². The van der Waals surface area contributed by atoms with Crippen LogP contribution in [0.3, 0.4) is 0 Å². The molecule has 0 aromatic carbocycles. The van der Waals surface area contributed by atoms with E-state index >= 15 is 0 Å². The lowest BCUT2D eigenvalue weighted by Gasteiger charge is -2.22. The smallest absolute Gasteiger partial charge is 0.257 e. The molecule has 0 spiro atoms. The van der Waals surface area contributed by atoms with E-state index in [2.05, 4.69) is 0 Å². The number of hydrogen-bond donors (Lipinski definition) is 4. The van der Waals surface area contributed by atoms with Crippen molar-refractivity contribution in [1.29, 1.82) is 0 Å². The van der Waals surface area contributed by atoms with Crippen molar-refractivity contribution in [2.24, 2.45) is 0 Å². The van der Waals surface area contributed by atoms with Crippen LogP contribution in [0, 0.1) is 0 Å². The minimum absolute atomic E-state index is 0.168. The predicted octanol–water partition coefficient (Wildman–Crippen LogP) is -0.256. The van der Waals surface area contributed by atoms with Crippen molar-refractivity contribution in [3.05, 3.63) is 0 Å². The van der Waals surface area contributed by atoms with E-state index in [1.165, 1.54) is 0 Å². The second-order valence-electron chi connectivity index (χ2n) is 5.36. The molecule has 5 nitrogen and oxygen atoms in total. The van der Waals surface area contributed by atoms with Gasteiger partial charge >= 0.3 is 0 Å². The average molecular weight is 276 g/mol. The monoisotopic (exact) mass is 276 g/mol. The average Bonchev–Trinajstić information content (AvgIpc) is 2.34. The van der Waals surface area contributed by atoms with Gasteiger partial charge in [0, 0.05) is 6.10 Å². The molecule has 0 bridgehead atoms. The molecule has 0 aliphatic rings. The minimum Gasteiger partial charge on any atom is -0.441 e.